The van der Waals surface area contributed by atoms with Crippen LogP contribution in [0.1, 0.15) is 16.7 Å². The van der Waals surface area contributed by atoms with Gasteiger partial charge in [-0.25, -0.2) is 13.2 Å². The summed E-state index contributed by atoms with van der Waals surface area (Å²) in [6, 6.07) is 11.4. The Bertz CT molecular complexity index is 1060. The molecule has 0 aliphatic carbocycles. The average molecular weight is 440 g/mol. The van der Waals surface area contributed by atoms with Gasteiger partial charge in [-0.1, -0.05) is 36.4 Å². The molecule has 1 saturated heterocycles. The summed E-state index contributed by atoms with van der Waals surface area (Å²) in [5, 5.41) is 0. The molecule has 2 aromatic carbocycles. The Morgan fingerprint density at radius 2 is 1.83 bits per heavy atom. The second-order valence-corrected chi connectivity index (χ2v) is 9.14. The highest BCUT2D eigenvalue weighted by atomic mass is 32.2. The van der Waals surface area contributed by atoms with E-state index in [4.69, 9.17) is 4.74 Å². The topological polar surface area (TPSA) is 66.9 Å². The molecule has 4 rings (SSSR count). The van der Waals surface area contributed by atoms with Gasteiger partial charge in [0.1, 0.15) is 6.61 Å². The Hall–Kier alpha value is -2.59. The van der Waals surface area contributed by atoms with Crippen molar-refractivity contribution in [1.82, 2.24) is 9.21 Å². The Labute approximate surface area is 171 Å². The lowest BCUT2D eigenvalue weighted by atomic mass is 10.0. The quantitative estimate of drug-likeness (QED) is 0.719. The molecular formula is C20H19F3N2O4S. The van der Waals surface area contributed by atoms with Gasteiger partial charge >= 0.3 is 12.3 Å². The molecule has 0 saturated carbocycles. The Morgan fingerprint density at radius 3 is 2.53 bits per heavy atom. The van der Waals surface area contributed by atoms with Crippen LogP contribution in [0.25, 0.3) is 0 Å². The van der Waals surface area contributed by atoms with Gasteiger partial charge in [-0.15, -0.1) is 0 Å². The number of piperazine rings is 1. The van der Waals surface area contributed by atoms with E-state index >= 15 is 0 Å². The van der Waals surface area contributed by atoms with Crippen LogP contribution in [0.2, 0.25) is 0 Å². The molecule has 2 aromatic rings. The van der Waals surface area contributed by atoms with Crippen molar-refractivity contribution in [2.24, 2.45) is 0 Å². The number of ether oxygens (including phenoxy) is 1. The van der Waals surface area contributed by atoms with Crippen molar-refractivity contribution in [2.45, 2.75) is 30.1 Å². The number of carbonyl (C=O) groups is 1. The van der Waals surface area contributed by atoms with E-state index in [1.807, 2.05) is 30.3 Å². The standard InChI is InChI=1S/C20H19F3N2O4S/c21-20(22,23)16-7-6-15-10-17-12-24(8-9-25(17)30(27,28)18(15)11-16)19(26)29-13-14-4-2-1-3-5-14/h1-7,11,17H,8-10,12-13H2. The molecule has 6 nitrogen and oxygen atoms in total. The number of rotatable bonds is 2. The maximum atomic E-state index is 13.0. The number of amides is 1. The molecule has 0 aromatic heterocycles. The molecule has 1 fully saturated rings. The zero-order valence-electron chi connectivity index (χ0n) is 15.8. The predicted octanol–water partition coefficient (Wildman–Crippen LogP) is 3.27. The van der Waals surface area contributed by atoms with Crippen LogP contribution >= 0.6 is 0 Å². The summed E-state index contributed by atoms with van der Waals surface area (Å²) in [5.41, 5.74) is 0.161. The first-order chi connectivity index (χ1) is 14.2. The predicted molar refractivity (Wildman–Crippen MR) is 101 cm³/mol. The van der Waals surface area contributed by atoms with Gasteiger partial charge < -0.3 is 9.64 Å². The molecule has 0 bridgehead atoms. The number of alkyl halides is 3. The van der Waals surface area contributed by atoms with Crippen LogP contribution in [0, 0.1) is 0 Å². The molecule has 0 N–H and O–H groups in total. The number of fused-ring (bicyclic) bond motifs is 2. The first-order valence-corrected chi connectivity index (χ1v) is 10.8. The monoisotopic (exact) mass is 440 g/mol. The molecule has 0 spiro atoms. The Kier molecular flexibility index (Phi) is 5.23. The number of carbonyl (C=O) groups excluding carboxylic acids is 1. The maximum Gasteiger partial charge on any atom is 0.416 e. The van der Waals surface area contributed by atoms with Crippen LogP contribution in [0.15, 0.2) is 53.4 Å². The highest BCUT2D eigenvalue weighted by molar-refractivity contribution is 7.89. The van der Waals surface area contributed by atoms with Crippen LogP contribution in [0.4, 0.5) is 18.0 Å². The van der Waals surface area contributed by atoms with Gasteiger partial charge in [-0.05, 0) is 29.7 Å². The first kappa shape index (κ1) is 20.7. The minimum Gasteiger partial charge on any atom is -0.445 e. The molecule has 0 radical (unpaired) electrons. The van der Waals surface area contributed by atoms with Crippen molar-refractivity contribution in [3.63, 3.8) is 0 Å². The zero-order valence-corrected chi connectivity index (χ0v) is 16.6. The van der Waals surface area contributed by atoms with E-state index in [1.54, 1.807) is 0 Å². The molecule has 1 unspecified atom stereocenters. The van der Waals surface area contributed by atoms with Gasteiger partial charge in [-0.2, -0.15) is 17.5 Å². The maximum absolute atomic E-state index is 13.0. The van der Waals surface area contributed by atoms with E-state index in [-0.39, 0.29) is 37.6 Å². The lowest BCUT2D eigenvalue weighted by Crippen LogP contribution is -2.58. The van der Waals surface area contributed by atoms with E-state index < -0.39 is 33.9 Å². The first-order valence-electron chi connectivity index (χ1n) is 9.34. The van der Waals surface area contributed by atoms with Gasteiger partial charge in [0.05, 0.1) is 10.5 Å². The van der Waals surface area contributed by atoms with Crippen molar-refractivity contribution in [1.29, 1.82) is 0 Å². The van der Waals surface area contributed by atoms with E-state index in [0.717, 1.165) is 11.6 Å². The van der Waals surface area contributed by atoms with Crippen molar-refractivity contribution < 1.29 is 31.1 Å². The SMILES string of the molecule is O=C(OCc1ccccc1)N1CCN2C(Cc3ccc(C(F)(F)F)cc3S2(=O)=O)C1. The molecule has 1 atom stereocenters. The van der Waals surface area contributed by atoms with Gasteiger partial charge in [0, 0.05) is 25.7 Å². The molecule has 2 aliphatic rings. The van der Waals surface area contributed by atoms with Gasteiger partial charge in [0.2, 0.25) is 10.0 Å². The highest BCUT2D eigenvalue weighted by Crippen LogP contribution is 2.37. The lowest BCUT2D eigenvalue weighted by molar-refractivity contribution is -0.137. The number of hydrogen-bond acceptors (Lipinski definition) is 4. The van der Waals surface area contributed by atoms with Crippen LogP contribution in [-0.4, -0.2) is 49.4 Å². The summed E-state index contributed by atoms with van der Waals surface area (Å²) in [4.78, 5) is 13.5. The average Bonchev–Trinajstić information content (AvgIpc) is 2.71. The van der Waals surface area contributed by atoms with E-state index in [0.29, 0.717) is 11.6 Å². The van der Waals surface area contributed by atoms with E-state index in [1.165, 1.54) is 15.3 Å². The van der Waals surface area contributed by atoms with Gasteiger partial charge in [-0.3, -0.25) is 0 Å². The number of nitrogens with zero attached hydrogens (tertiary/aromatic N) is 2. The third-order valence-corrected chi connectivity index (χ3v) is 7.36. The third kappa shape index (κ3) is 3.89. The molecule has 160 valence electrons. The molecular weight excluding hydrogens is 421 g/mol. The van der Waals surface area contributed by atoms with Gasteiger partial charge in [0.15, 0.2) is 0 Å². The summed E-state index contributed by atoms with van der Waals surface area (Å²) >= 11 is 0. The van der Waals surface area contributed by atoms with Crippen LogP contribution in [0.5, 0.6) is 0 Å². The van der Waals surface area contributed by atoms with Crippen molar-refractivity contribution in [3.8, 4) is 0 Å². The molecule has 2 heterocycles. The molecule has 30 heavy (non-hydrogen) atoms. The number of halogens is 3. The molecule has 1 amide bonds. The smallest absolute Gasteiger partial charge is 0.416 e. The Morgan fingerprint density at radius 1 is 1.10 bits per heavy atom. The fourth-order valence-electron chi connectivity index (χ4n) is 3.82. The van der Waals surface area contributed by atoms with E-state index in [9.17, 15) is 26.4 Å². The third-order valence-electron chi connectivity index (χ3n) is 5.33. The van der Waals surface area contributed by atoms with Gasteiger partial charge in [0.25, 0.3) is 0 Å². The number of hydrogen-bond donors (Lipinski definition) is 0. The summed E-state index contributed by atoms with van der Waals surface area (Å²) in [5.74, 6) is 0. The Balaban J connectivity index is 1.50. The summed E-state index contributed by atoms with van der Waals surface area (Å²) < 4.78 is 71.4. The minimum atomic E-state index is -4.62. The van der Waals surface area contributed by atoms with E-state index in [2.05, 4.69) is 0 Å². The van der Waals surface area contributed by atoms with Crippen molar-refractivity contribution in [3.05, 3.63) is 65.2 Å². The van der Waals surface area contributed by atoms with Crippen molar-refractivity contribution >= 4 is 16.1 Å². The number of sulfonamides is 1. The van der Waals surface area contributed by atoms with Crippen LogP contribution < -0.4 is 0 Å². The minimum absolute atomic E-state index is 0.00310. The fourth-order valence-corrected chi connectivity index (χ4v) is 5.68. The van der Waals surface area contributed by atoms with Crippen LogP contribution in [0.3, 0.4) is 0 Å². The van der Waals surface area contributed by atoms with Crippen LogP contribution in [-0.2, 0) is 34.0 Å². The second kappa shape index (κ2) is 7.59. The highest BCUT2D eigenvalue weighted by Gasteiger charge is 2.44. The zero-order chi connectivity index (χ0) is 21.5. The summed E-state index contributed by atoms with van der Waals surface area (Å²) in [6.07, 6.45) is -4.94. The lowest BCUT2D eigenvalue weighted by Gasteiger charge is -2.43. The number of benzene rings is 2. The molecule has 10 heteroatoms. The molecule has 2 aliphatic heterocycles. The normalized spacial score (nSPS) is 20.9. The summed E-state index contributed by atoms with van der Waals surface area (Å²) in [7, 11) is -4.08. The second-order valence-electron chi connectivity index (χ2n) is 7.28. The largest absolute Gasteiger partial charge is 0.445 e. The van der Waals surface area contributed by atoms with Crippen molar-refractivity contribution in [2.75, 3.05) is 19.6 Å². The fraction of sp³-hybridized carbons (Fsp3) is 0.350. The summed E-state index contributed by atoms with van der Waals surface area (Å²) in [6.45, 7) is 0.333.